The maximum absolute atomic E-state index is 13.8. The van der Waals surface area contributed by atoms with Gasteiger partial charge in [0.05, 0.1) is 53.0 Å². The van der Waals surface area contributed by atoms with Gasteiger partial charge in [0, 0.05) is 18.0 Å². The third-order valence-electron chi connectivity index (χ3n) is 13.9. The molecule has 4 atom stereocenters. The lowest BCUT2D eigenvalue weighted by atomic mass is 9.56. The van der Waals surface area contributed by atoms with Crippen LogP contribution in [0.5, 0.6) is 0 Å². The summed E-state index contributed by atoms with van der Waals surface area (Å²) in [6.45, 7) is 9.17. The SMILES string of the molecule is COC(=O)N[C@H](C(=O)N1CCC[C@H]1c1nc2ccc(-c3ccc(-c4ccc(-c5cnc([C@@H]6CCCN6C(=O)[C@@H](N)C(C)C)[nH]5)s4)c4c3C3(CCC4)CCC3)cc2[nH]1)C(C)C. The molecule has 1 saturated carbocycles. The molecule has 316 valence electrons. The van der Waals surface area contributed by atoms with Crippen LogP contribution < -0.4 is 11.1 Å². The van der Waals surface area contributed by atoms with Gasteiger partial charge in [-0.05, 0) is 127 Å². The van der Waals surface area contributed by atoms with Gasteiger partial charge in [-0.3, -0.25) is 9.59 Å². The van der Waals surface area contributed by atoms with Gasteiger partial charge in [-0.1, -0.05) is 52.3 Å². The van der Waals surface area contributed by atoms with E-state index in [-0.39, 0.29) is 41.1 Å². The summed E-state index contributed by atoms with van der Waals surface area (Å²) in [5.41, 5.74) is 16.1. The number of H-pyrrole nitrogens is 2. The van der Waals surface area contributed by atoms with Crippen LogP contribution in [0.4, 0.5) is 4.79 Å². The molecule has 9 rings (SSSR count). The van der Waals surface area contributed by atoms with Gasteiger partial charge < -0.3 is 35.6 Å². The Morgan fingerprint density at radius 1 is 0.850 bits per heavy atom. The minimum atomic E-state index is -0.679. The second-order valence-corrected chi connectivity index (χ2v) is 19.3. The molecule has 3 fully saturated rings. The monoisotopic (exact) mass is 830 g/mol. The first kappa shape index (κ1) is 40.4. The number of hydrogen-bond acceptors (Lipinski definition) is 8. The molecule has 5 heterocycles. The zero-order valence-corrected chi connectivity index (χ0v) is 36.3. The van der Waals surface area contributed by atoms with E-state index in [1.54, 1.807) is 11.3 Å². The lowest BCUT2D eigenvalue weighted by Crippen LogP contribution is -2.51. The number of carbonyl (C=O) groups excluding carboxylic acids is 3. The van der Waals surface area contributed by atoms with E-state index in [0.29, 0.717) is 13.1 Å². The molecule has 12 nitrogen and oxygen atoms in total. The first-order valence-electron chi connectivity index (χ1n) is 22.0. The van der Waals surface area contributed by atoms with Crippen molar-refractivity contribution >= 4 is 40.3 Å². The van der Waals surface area contributed by atoms with Crippen molar-refractivity contribution in [3.8, 4) is 32.1 Å². The average Bonchev–Trinajstić information content (AvgIpc) is 4.09. The number of ether oxygens (including phenoxy) is 1. The molecule has 5 N–H and O–H groups in total. The maximum Gasteiger partial charge on any atom is 0.407 e. The average molecular weight is 831 g/mol. The summed E-state index contributed by atoms with van der Waals surface area (Å²) in [5, 5.41) is 2.75. The molecular weight excluding hydrogens is 773 g/mol. The van der Waals surface area contributed by atoms with Crippen LogP contribution in [0.2, 0.25) is 0 Å². The summed E-state index contributed by atoms with van der Waals surface area (Å²) < 4.78 is 4.83. The van der Waals surface area contributed by atoms with Gasteiger partial charge in [-0.2, -0.15) is 0 Å². The summed E-state index contributed by atoms with van der Waals surface area (Å²) in [6.07, 6.45) is 12.0. The number of carbonyl (C=O) groups is 3. The van der Waals surface area contributed by atoms with Gasteiger partial charge in [-0.15, -0.1) is 11.3 Å². The normalized spacial score (nSPS) is 20.8. The number of methoxy groups -OCH3 is 1. The van der Waals surface area contributed by atoms with Crippen molar-refractivity contribution in [3.63, 3.8) is 0 Å². The molecule has 2 saturated heterocycles. The third-order valence-corrected chi connectivity index (χ3v) is 15.0. The number of benzene rings is 2. The van der Waals surface area contributed by atoms with Gasteiger partial charge in [-0.25, -0.2) is 14.8 Å². The van der Waals surface area contributed by atoms with E-state index in [2.05, 4.69) is 57.7 Å². The summed E-state index contributed by atoms with van der Waals surface area (Å²) in [4.78, 5) is 62.4. The van der Waals surface area contributed by atoms with Crippen LogP contribution in [0.25, 0.3) is 43.2 Å². The number of nitrogens with two attached hydrogens (primary N) is 1. The smallest absolute Gasteiger partial charge is 0.407 e. The Morgan fingerprint density at radius 2 is 1.55 bits per heavy atom. The highest BCUT2D eigenvalue weighted by molar-refractivity contribution is 7.18. The first-order chi connectivity index (χ1) is 29.0. The molecule has 13 heteroatoms. The van der Waals surface area contributed by atoms with E-state index >= 15 is 0 Å². The Bertz CT molecular complexity index is 2430. The molecule has 2 aliphatic heterocycles. The van der Waals surface area contributed by atoms with Gasteiger partial charge in [0.1, 0.15) is 17.7 Å². The second-order valence-electron chi connectivity index (χ2n) is 18.2. The predicted octanol–water partition coefficient (Wildman–Crippen LogP) is 8.80. The molecule has 1 spiro atoms. The lowest BCUT2D eigenvalue weighted by Gasteiger charge is -2.48. The zero-order valence-electron chi connectivity index (χ0n) is 35.5. The molecule has 2 aromatic carbocycles. The topological polar surface area (TPSA) is 162 Å². The van der Waals surface area contributed by atoms with Crippen molar-refractivity contribution in [2.45, 2.75) is 121 Å². The van der Waals surface area contributed by atoms with Crippen LogP contribution in [0.3, 0.4) is 0 Å². The van der Waals surface area contributed by atoms with Gasteiger partial charge in [0.25, 0.3) is 0 Å². The Labute approximate surface area is 356 Å². The van der Waals surface area contributed by atoms with Crippen molar-refractivity contribution in [1.29, 1.82) is 0 Å². The molecule has 5 aromatic rings. The predicted molar refractivity (Wildman–Crippen MR) is 235 cm³/mol. The quantitative estimate of drug-likeness (QED) is 0.109. The van der Waals surface area contributed by atoms with Gasteiger partial charge in [0.15, 0.2) is 0 Å². The lowest BCUT2D eigenvalue weighted by molar-refractivity contribution is -0.136. The van der Waals surface area contributed by atoms with Crippen LogP contribution in [0, 0.1) is 11.8 Å². The van der Waals surface area contributed by atoms with Crippen molar-refractivity contribution in [1.82, 2.24) is 35.1 Å². The number of imidazole rings is 2. The Balaban J connectivity index is 1.01. The minimum Gasteiger partial charge on any atom is -0.453 e. The van der Waals surface area contributed by atoms with E-state index in [1.807, 2.05) is 43.7 Å². The molecule has 0 bridgehead atoms. The van der Waals surface area contributed by atoms with Crippen molar-refractivity contribution in [2.75, 3.05) is 20.2 Å². The minimum absolute atomic E-state index is 0.00642. The van der Waals surface area contributed by atoms with Crippen LogP contribution >= 0.6 is 11.3 Å². The number of nitrogens with zero attached hydrogens (tertiary/aromatic N) is 4. The van der Waals surface area contributed by atoms with Gasteiger partial charge in [0.2, 0.25) is 11.8 Å². The van der Waals surface area contributed by atoms with E-state index in [4.69, 9.17) is 20.4 Å². The number of amides is 3. The molecule has 0 radical (unpaired) electrons. The molecule has 0 unspecified atom stereocenters. The summed E-state index contributed by atoms with van der Waals surface area (Å²) in [5.74, 6) is 1.49. The van der Waals surface area contributed by atoms with Crippen LogP contribution in [0.15, 0.2) is 48.7 Å². The maximum atomic E-state index is 13.8. The largest absolute Gasteiger partial charge is 0.453 e. The fraction of sp³-hybridized carbons (Fsp3) is 0.511. The highest BCUT2D eigenvalue weighted by Gasteiger charge is 2.44. The highest BCUT2D eigenvalue weighted by atomic mass is 32.1. The fourth-order valence-electron chi connectivity index (χ4n) is 10.4. The summed E-state index contributed by atoms with van der Waals surface area (Å²) in [6, 6.07) is 14.2. The number of nitrogens with one attached hydrogen (secondary N) is 3. The Hall–Kier alpha value is -5.01. The summed E-state index contributed by atoms with van der Waals surface area (Å²) >= 11 is 1.80. The standard InChI is InChI=1S/C47H58N8O4S/c1-26(2)40(48)44(56)54-22-7-11-35(54)42-49-25-34(52-42)38-18-17-37(60-38)30-15-14-29(39-31(30)10-6-19-47(39)20-9-21-47)28-13-16-32-33(24-28)51-43(50-32)36-12-8-23-55(36)45(57)41(27(3)4)53-46(58)59-5/h13-18,24-27,35-36,40-41H,6-12,19-23,48H2,1-5H3,(H,49,52)(H,50,51)(H,53,58)/t35-,36-,40-,41-/m0/s1. The fourth-order valence-corrected chi connectivity index (χ4v) is 11.4. The van der Waals surface area contributed by atoms with E-state index in [1.165, 1.54) is 71.9 Å². The number of fused-ring (bicyclic) bond motifs is 3. The number of likely N-dealkylation sites (tertiary alicyclic amines) is 2. The Kier molecular flexibility index (Phi) is 10.9. The van der Waals surface area contributed by atoms with E-state index < -0.39 is 18.2 Å². The molecule has 2 aliphatic carbocycles. The molecule has 3 aromatic heterocycles. The van der Waals surface area contributed by atoms with Crippen LogP contribution in [-0.2, 0) is 26.2 Å². The molecule has 60 heavy (non-hydrogen) atoms. The number of aromatic amines is 2. The number of rotatable bonds is 10. The zero-order chi connectivity index (χ0) is 41.9. The van der Waals surface area contributed by atoms with Crippen LogP contribution in [-0.4, -0.2) is 79.9 Å². The van der Waals surface area contributed by atoms with Crippen molar-refractivity contribution in [2.24, 2.45) is 17.6 Å². The number of thiophene rings is 1. The number of aromatic nitrogens is 4. The molecular formula is C47H58N8O4S. The molecule has 3 amide bonds. The third kappa shape index (κ3) is 7.10. The first-order valence-corrected chi connectivity index (χ1v) is 22.8. The van der Waals surface area contributed by atoms with E-state index in [0.717, 1.165) is 65.4 Å². The number of hydrogen-bond donors (Lipinski definition) is 4. The molecule has 4 aliphatic rings. The number of alkyl carbamates (subject to hydrolysis) is 1. The van der Waals surface area contributed by atoms with Crippen LogP contribution in [0.1, 0.15) is 120 Å². The van der Waals surface area contributed by atoms with E-state index in [9.17, 15) is 14.4 Å². The van der Waals surface area contributed by atoms with Gasteiger partial charge >= 0.3 is 6.09 Å². The second kappa shape index (κ2) is 16.1. The highest BCUT2D eigenvalue weighted by Crippen LogP contribution is 2.56. The van der Waals surface area contributed by atoms with Crippen molar-refractivity contribution in [3.05, 3.63) is 71.4 Å². The van der Waals surface area contributed by atoms with Crippen molar-refractivity contribution < 1.29 is 19.1 Å². The summed E-state index contributed by atoms with van der Waals surface area (Å²) in [7, 11) is 1.31. The Morgan fingerprint density at radius 3 is 2.25 bits per heavy atom.